The zero-order valence-corrected chi connectivity index (χ0v) is 29.9. The largest absolute Gasteiger partial charge is 0.469 e. The molecule has 0 aliphatic carbocycles. The second kappa shape index (κ2) is 11.2. The summed E-state index contributed by atoms with van der Waals surface area (Å²) in [7, 11) is 0. The van der Waals surface area contributed by atoms with Gasteiger partial charge in [-0.1, -0.05) is 70.2 Å². The van der Waals surface area contributed by atoms with Crippen molar-refractivity contribution in [1.29, 1.82) is 0 Å². The van der Waals surface area contributed by atoms with E-state index < -0.39 is 41.1 Å². The van der Waals surface area contributed by atoms with Gasteiger partial charge in [-0.3, -0.25) is 9.59 Å². The number of aliphatic hydroxyl groups is 1. The molecular weight excluding hydrogens is 672 g/mol. The number of carbonyl (C=O) groups is 2. The van der Waals surface area contributed by atoms with Crippen LogP contribution in [0.15, 0.2) is 70.2 Å². The van der Waals surface area contributed by atoms with Crippen LogP contribution >= 0.6 is 0 Å². The van der Waals surface area contributed by atoms with Crippen molar-refractivity contribution >= 4 is 34.3 Å². The van der Waals surface area contributed by atoms with E-state index in [0.717, 1.165) is 50.0 Å². The number of ether oxygens (including phenoxy) is 2. The number of rotatable bonds is 5. The van der Waals surface area contributed by atoms with Gasteiger partial charge in [0, 0.05) is 51.5 Å². The highest BCUT2D eigenvalue weighted by atomic mass is 16.5. The van der Waals surface area contributed by atoms with E-state index in [1.807, 2.05) is 38.2 Å². The van der Waals surface area contributed by atoms with Crippen LogP contribution in [0, 0.1) is 5.92 Å². The standard InChI is InChI=1S/C41H40N6O6/c1-5-40(50,6-2)38(49)44-27-16-20-13-14-28-25(15-20)41-24-11-7-10-22(32(24)47-39(41)52-28)21-9-8-12-26-30(21)23(17-42-26)29-18-43-36(51-29)33-34(41)53-37(46-33)31(19(3)4)45-35(27)48/h7-15,17,19,27,29,31,39,42,47,50H,5-6,16,18H2,1-4H3,(H,44,49)(H,45,48)/t27-,29?,31-,39?,41?/m0/s1. The number of benzene rings is 3. The molecule has 270 valence electrons. The highest BCUT2D eigenvalue weighted by molar-refractivity contribution is 6.04. The van der Waals surface area contributed by atoms with Crippen LogP contribution in [0.4, 0.5) is 5.69 Å². The van der Waals surface area contributed by atoms with Crippen molar-refractivity contribution in [3.8, 4) is 16.9 Å². The van der Waals surface area contributed by atoms with Crippen LogP contribution in [0.3, 0.4) is 0 Å². The highest BCUT2D eigenvalue weighted by Crippen LogP contribution is 2.60. The molecule has 5 atom stereocenters. The van der Waals surface area contributed by atoms with Crippen LogP contribution in [0.2, 0.25) is 0 Å². The van der Waals surface area contributed by atoms with E-state index in [9.17, 15) is 14.7 Å². The second-order valence-electron chi connectivity index (χ2n) is 15.2. The number of amides is 2. The SMILES string of the molecule is CCC(O)(CC)C(=O)N[C@H]1Cc2ccc3c(c2)C24c5cccc(c5NC2O3)-c2cccc3[nH]cc(c23)C2CN=C(O2)c2nc(oc24)[C@H](C(C)C)NC1=O. The molecule has 0 fully saturated rings. The van der Waals surface area contributed by atoms with Gasteiger partial charge in [-0.15, -0.1) is 0 Å². The molecule has 10 bridgehead atoms. The Morgan fingerprint density at radius 1 is 1.06 bits per heavy atom. The predicted molar refractivity (Wildman–Crippen MR) is 197 cm³/mol. The number of fused-ring (bicyclic) bond motifs is 7. The summed E-state index contributed by atoms with van der Waals surface area (Å²) < 4.78 is 20.6. The molecule has 0 radical (unpaired) electrons. The maximum absolute atomic E-state index is 14.3. The third-order valence-electron chi connectivity index (χ3n) is 12.0. The minimum absolute atomic E-state index is 0.160. The Bertz CT molecular complexity index is 2410. The van der Waals surface area contributed by atoms with Crippen LogP contribution in [-0.2, 0) is 26.2 Å². The third-order valence-corrected chi connectivity index (χ3v) is 12.0. The first-order chi connectivity index (χ1) is 25.6. The maximum atomic E-state index is 14.3. The van der Waals surface area contributed by atoms with Crippen molar-refractivity contribution in [1.82, 2.24) is 20.6 Å². The summed E-state index contributed by atoms with van der Waals surface area (Å²) in [5.41, 5.74) is 5.39. The maximum Gasteiger partial charge on any atom is 0.252 e. The zero-order chi connectivity index (χ0) is 36.4. The summed E-state index contributed by atoms with van der Waals surface area (Å²) in [5.74, 6) is 0.677. The Balaban J connectivity index is 1.25. The van der Waals surface area contributed by atoms with Gasteiger partial charge < -0.3 is 39.9 Å². The van der Waals surface area contributed by atoms with Gasteiger partial charge in [0.2, 0.25) is 17.7 Å². The fraction of sp³-hybridized carbons (Fsp3) is 0.366. The number of hydrogen-bond acceptors (Lipinski definition) is 9. The quantitative estimate of drug-likeness (QED) is 0.159. The molecule has 2 amide bonds. The van der Waals surface area contributed by atoms with E-state index in [4.69, 9.17) is 23.9 Å². The zero-order valence-electron chi connectivity index (χ0n) is 29.9. The number of hydrogen-bond donors (Lipinski definition) is 5. The average molecular weight is 713 g/mol. The molecule has 2 aromatic heterocycles. The van der Waals surface area contributed by atoms with Gasteiger partial charge >= 0.3 is 0 Å². The van der Waals surface area contributed by atoms with E-state index in [-0.39, 0.29) is 31.3 Å². The van der Waals surface area contributed by atoms with Crippen molar-refractivity contribution in [2.24, 2.45) is 10.9 Å². The number of nitrogens with one attached hydrogen (secondary N) is 4. The van der Waals surface area contributed by atoms with Crippen LogP contribution in [-0.4, -0.2) is 57.2 Å². The fourth-order valence-electron chi connectivity index (χ4n) is 8.97. The molecule has 0 saturated heterocycles. The monoisotopic (exact) mass is 712 g/mol. The van der Waals surface area contributed by atoms with Gasteiger partial charge in [-0.25, -0.2) is 9.98 Å². The number of H-pyrrole nitrogens is 1. The Hall–Kier alpha value is -5.62. The predicted octanol–water partition coefficient (Wildman–Crippen LogP) is 5.54. The topological polar surface area (TPSA) is 163 Å². The molecule has 5 aliphatic rings. The van der Waals surface area contributed by atoms with Gasteiger partial charge in [-0.05, 0) is 42.0 Å². The number of aromatic amines is 1. The lowest BCUT2D eigenvalue weighted by atomic mass is 9.72. The molecule has 5 N–H and O–H groups in total. The number of oxazole rings is 1. The van der Waals surface area contributed by atoms with Crippen molar-refractivity contribution in [3.05, 3.63) is 100 Å². The molecule has 12 nitrogen and oxygen atoms in total. The van der Waals surface area contributed by atoms with E-state index in [1.165, 1.54) is 0 Å². The molecule has 0 saturated carbocycles. The lowest BCUT2D eigenvalue weighted by molar-refractivity contribution is -0.143. The van der Waals surface area contributed by atoms with E-state index >= 15 is 0 Å². The van der Waals surface area contributed by atoms with E-state index in [1.54, 1.807) is 13.8 Å². The minimum atomic E-state index is -1.61. The number of para-hydroxylation sites is 1. The van der Waals surface area contributed by atoms with Gasteiger partial charge in [0.05, 0.1) is 6.54 Å². The molecule has 12 heteroatoms. The summed E-state index contributed by atoms with van der Waals surface area (Å²) in [6, 6.07) is 16.8. The van der Waals surface area contributed by atoms with Crippen LogP contribution < -0.4 is 20.7 Å². The van der Waals surface area contributed by atoms with E-state index in [2.05, 4.69) is 57.3 Å². The first kappa shape index (κ1) is 32.1. The summed E-state index contributed by atoms with van der Waals surface area (Å²) in [6.07, 6.45) is 1.61. The molecule has 3 aromatic carbocycles. The Morgan fingerprint density at radius 3 is 2.68 bits per heavy atom. The third kappa shape index (κ3) is 4.32. The van der Waals surface area contributed by atoms with Gasteiger partial charge in [-0.2, -0.15) is 0 Å². The number of aliphatic imine (C=N–C) groups is 1. The van der Waals surface area contributed by atoms with Crippen molar-refractivity contribution < 1.29 is 28.6 Å². The summed E-state index contributed by atoms with van der Waals surface area (Å²) >= 11 is 0. The number of nitrogens with zero attached hydrogens (tertiary/aromatic N) is 2. The summed E-state index contributed by atoms with van der Waals surface area (Å²) in [5, 5.41) is 22.0. The van der Waals surface area contributed by atoms with Crippen LogP contribution in [0.1, 0.15) is 92.3 Å². The lowest BCUT2D eigenvalue weighted by Gasteiger charge is -2.30. The minimum Gasteiger partial charge on any atom is -0.469 e. The number of anilines is 1. The Labute approximate surface area is 305 Å². The highest BCUT2D eigenvalue weighted by Gasteiger charge is 2.62. The van der Waals surface area contributed by atoms with Crippen molar-refractivity contribution in [3.63, 3.8) is 0 Å². The summed E-state index contributed by atoms with van der Waals surface area (Å²) in [4.78, 5) is 41.4. The van der Waals surface area contributed by atoms with Crippen LogP contribution in [0.25, 0.3) is 22.0 Å². The van der Waals surface area contributed by atoms with Crippen LogP contribution in [0.5, 0.6) is 5.75 Å². The molecule has 3 unspecified atom stereocenters. The molecule has 1 spiro atoms. The molecular formula is C41H40N6O6. The number of aromatic nitrogens is 2. The Morgan fingerprint density at radius 2 is 1.87 bits per heavy atom. The summed E-state index contributed by atoms with van der Waals surface area (Å²) in [6.45, 7) is 7.87. The molecule has 5 aromatic rings. The lowest BCUT2D eigenvalue weighted by Crippen LogP contribution is -2.55. The first-order valence-electron chi connectivity index (χ1n) is 18.5. The average Bonchev–Trinajstić information content (AvgIpc) is 3.99. The van der Waals surface area contributed by atoms with E-state index in [0.29, 0.717) is 35.5 Å². The van der Waals surface area contributed by atoms with Gasteiger partial charge in [0.15, 0.2) is 17.7 Å². The van der Waals surface area contributed by atoms with Crippen molar-refractivity contribution in [2.75, 3.05) is 11.9 Å². The molecule has 5 aliphatic heterocycles. The normalized spacial score (nSPS) is 24.6. The van der Waals surface area contributed by atoms with Gasteiger partial charge in [0.25, 0.3) is 5.91 Å². The second-order valence-corrected chi connectivity index (χ2v) is 15.2. The molecule has 7 heterocycles. The fourth-order valence-corrected chi connectivity index (χ4v) is 8.97. The van der Waals surface area contributed by atoms with Gasteiger partial charge in [0.1, 0.15) is 35.0 Å². The first-order valence-corrected chi connectivity index (χ1v) is 18.5. The Kier molecular flexibility index (Phi) is 6.77. The molecule has 10 rings (SSSR count). The molecule has 53 heavy (non-hydrogen) atoms. The smallest absolute Gasteiger partial charge is 0.252 e. The number of carbonyl (C=O) groups excluding carboxylic acids is 2. The van der Waals surface area contributed by atoms with Crippen molar-refractivity contribution in [2.45, 2.75) is 82.4 Å².